The van der Waals surface area contributed by atoms with E-state index in [9.17, 15) is 4.39 Å². The molecule has 0 amide bonds. The minimum absolute atomic E-state index is 0.0880. The Morgan fingerprint density at radius 2 is 2.11 bits per heavy atom. The molecule has 0 radical (unpaired) electrons. The van der Waals surface area contributed by atoms with Crippen molar-refractivity contribution >= 4 is 0 Å². The standard InChI is InChI=1S/C6H13FN2/c1-9(2)6-4-8-3-5(6)7/h5-6,8H,3-4H2,1-2H3. The fourth-order valence-corrected chi connectivity index (χ4v) is 1.14. The van der Waals surface area contributed by atoms with E-state index in [1.165, 1.54) is 0 Å². The van der Waals surface area contributed by atoms with Crippen LogP contribution in [0.15, 0.2) is 0 Å². The summed E-state index contributed by atoms with van der Waals surface area (Å²) in [5.74, 6) is 0. The first kappa shape index (κ1) is 6.96. The highest BCUT2D eigenvalue weighted by atomic mass is 19.1. The fraction of sp³-hybridized carbons (Fsp3) is 1.00. The number of likely N-dealkylation sites (N-methyl/N-ethyl adjacent to an activating group) is 1. The maximum atomic E-state index is 12.7. The van der Waals surface area contributed by atoms with Gasteiger partial charge >= 0.3 is 0 Å². The zero-order valence-corrected chi connectivity index (χ0v) is 5.89. The van der Waals surface area contributed by atoms with Crippen LogP contribution < -0.4 is 5.32 Å². The monoisotopic (exact) mass is 132 g/mol. The Labute approximate surface area is 55.0 Å². The van der Waals surface area contributed by atoms with E-state index >= 15 is 0 Å². The molecule has 0 spiro atoms. The van der Waals surface area contributed by atoms with Gasteiger partial charge in [0.15, 0.2) is 0 Å². The van der Waals surface area contributed by atoms with E-state index in [1.807, 2.05) is 19.0 Å². The van der Waals surface area contributed by atoms with Crippen LogP contribution in [-0.2, 0) is 0 Å². The smallest absolute Gasteiger partial charge is 0.129 e. The molecule has 0 aliphatic carbocycles. The third-order valence-corrected chi connectivity index (χ3v) is 1.77. The van der Waals surface area contributed by atoms with Crippen LogP contribution in [0.2, 0.25) is 0 Å². The van der Waals surface area contributed by atoms with Crippen molar-refractivity contribution in [1.29, 1.82) is 0 Å². The summed E-state index contributed by atoms with van der Waals surface area (Å²) in [7, 11) is 3.81. The van der Waals surface area contributed by atoms with Crippen LogP contribution in [0.1, 0.15) is 0 Å². The summed E-state index contributed by atoms with van der Waals surface area (Å²) in [6, 6.07) is 0.0880. The summed E-state index contributed by atoms with van der Waals surface area (Å²) in [6.07, 6.45) is -0.681. The number of rotatable bonds is 1. The van der Waals surface area contributed by atoms with Crippen LogP contribution in [0.25, 0.3) is 0 Å². The minimum Gasteiger partial charge on any atom is -0.312 e. The molecule has 0 aromatic carbocycles. The van der Waals surface area contributed by atoms with Crippen molar-refractivity contribution < 1.29 is 4.39 Å². The lowest BCUT2D eigenvalue weighted by Gasteiger charge is -2.19. The van der Waals surface area contributed by atoms with Crippen molar-refractivity contribution in [2.24, 2.45) is 0 Å². The predicted molar refractivity (Wildman–Crippen MR) is 35.2 cm³/mol. The first-order valence-corrected chi connectivity index (χ1v) is 3.23. The molecule has 2 nitrogen and oxygen atoms in total. The lowest BCUT2D eigenvalue weighted by atomic mass is 10.2. The molecule has 1 N–H and O–H groups in total. The largest absolute Gasteiger partial charge is 0.312 e. The van der Waals surface area contributed by atoms with Gasteiger partial charge in [-0.25, -0.2) is 4.39 Å². The average molecular weight is 132 g/mol. The van der Waals surface area contributed by atoms with E-state index in [1.54, 1.807) is 0 Å². The topological polar surface area (TPSA) is 15.3 Å². The second-order valence-corrected chi connectivity index (χ2v) is 2.71. The number of nitrogens with one attached hydrogen (secondary N) is 1. The molecule has 1 aliphatic heterocycles. The average Bonchev–Trinajstić information content (AvgIpc) is 2.13. The van der Waals surface area contributed by atoms with Gasteiger partial charge in [-0.3, -0.25) is 0 Å². The van der Waals surface area contributed by atoms with E-state index in [-0.39, 0.29) is 6.04 Å². The molecule has 2 atom stereocenters. The van der Waals surface area contributed by atoms with Crippen molar-refractivity contribution in [2.45, 2.75) is 12.2 Å². The third-order valence-electron chi connectivity index (χ3n) is 1.77. The van der Waals surface area contributed by atoms with Gasteiger partial charge in [0, 0.05) is 13.1 Å². The van der Waals surface area contributed by atoms with Crippen molar-refractivity contribution in [1.82, 2.24) is 10.2 Å². The zero-order chi connectivity index (χ0) is 6.85. The molecule has 9 heavy (non-hydrogen) atoms. The summed E-state index contributed by atoms with van der Waals surface area (Å²) < 4.78 is 12.7. The van der Waals surface area contributed by atoms with Crippen molar-refractivity contribution in [3.63, 3.8) is 0 Å². The number of hydrogen-bond donors (Lipinski definition) is 1. The van der Waals surface area contributed by atoms with Crippen LogP contribution >= 0.6 is 0 Å². The van der Waals surface area contributed by atoms with Gasteiger partial charge in [0.2, 0.25) is 0 Å². The highest BCUT2D eigenvalue weighted by molar-refractivity contribution is 4.86. The molecule has 1 rings (SSSR count). The molecule has 3 heteroatoms. The first-order chi connectivity index (χ1) is 4.22. The van der Waals surface area contributed by atoms with E-state index in [0.717, 1.165) is 6.54 Å². The molecule has 0 aromatic rings. The summed E-state index contributed by atoms with van der Waals surface area (Å²) in [6.45, 7) is 1.30. The summed E-state index contributed by atoms with van der Waals surface area (Å²) in [5, 5.41) is 2.99. The molecule has 54 valence electrons. The second-order valence-electron chi connectivity index (χ2n) is 2.71. The number of alkyl halides is 1. The second kappa shape index (κ2) is 2.62. The van der Waals surface area contributed by atoms with Gasteiger partial charge in [-0.05, 0) is 14.1 Å². The third kappa shape index (κ3) is 1.40. The van der Waals surface area contributed by atoms with Crippen molar-refractivity contribution in [3.05, 3.63) is 0 Å². The molecule has 0 bridgehead atoms. The van der Waals surface area contributed by atoms with Crippen LogP contribution in [0.5, 0.6) is 0 Å². The van der Waals surface area contributed by atoms with Gasteiger partial charge in [-0.2, -0.15) is 0 Å². The normalized spacial score (nSPS) is 36.0. The molecule has 1 heterocycles. The molecule has 1 fully saturated rings. The highest BCUT2D eigenvalue weighted by Gasteiger charge is 2.27. The Kier molecular flexibility index (Phi) is 2.03. The van der Waals surface area contributed by atoms with Crippen LogP contribution in [0.3, 0.4) is 0 Å². The summed E-state index contributed by atoms with van der Waals surface area (Å²) >= 11 is 0. The van der Waals surface area contributed by atoms with E-state index in [0.29, 0.717) is 6.54 Å². The van der Waals surface area contributed by atoms with Crippen LogP contribution in [0, 0.1) is 0 Å². The summed E-state index contributed by atoms with van der Waals surface area (Å²) in [4.78, 5) is 1.92. The molecular weight excluding hydrogens is 119 g/mol. The van der Waals surface area contributed by atoms with Crippen LogP contribution in [0.4, 0.5) is 4.39 Å². The molecule has 0 aromatic heterocycles. The van der Waals surface area contributed by atoms with E-state index in [4.69, 9.17) is 0 Å². The van der Waals surface area contributed by atoms with Crippen molar-refractivity contribution in [3.8, 4) is 0 Å². The molecular formula is C6H13FN2. The summed E-state index contributed by atoms with van der Waals surface area (Å²) in [5.41, 5.74) is 0. The lowest BCUT2D eigenvalue weighted by Crippen LogP contribution is -2.35. The van der Waals surface area contributed by atoms with Gasteiger partial charge in [0.05, 0.1) is 6.04 Å². The van der Waals surface area contributed by atoms with Gasteiger partial charge in [-0.1, -0.05) is 0 Å². The van der Waals surface area contributed by atoms with E-state index < -0.39 is 6.17 Å². The predicted octanol–water partition coefficient (Wildman–Crippen LogP) is -0.142. The maximum absolute atomic E-state index is 12.7. The van der Waals surface area contributed by atoms with Crippen molar-refractivity contribution in [2.75, 3.05) is 27.2 Å². The Hall–Kier alpha value is -0.150. The van der Waals surface area contributed by atoms with Gasteiger partial charge in [0.25, 0.3) is 0 Å². The lowest BCUT2D eigenvalue weighted by molar-refractivity contribution is 0.202. The Morgan fingerprint density at radius 1 is 1.44 bits per heavy atom. The minimum atomic E-state index is -0.681. The van der Waals surface area contributed by atoms with Gasteiger partial charge in [0.1, 0.15) is 6.17 Å². The number of nitrogens with zero attached hydrogens (tertiary/aromatic N) is 1. The fourth-order valence-electron chi connectivity index (χ4n) is 1.14. The van der Waals surface area contributed by atoms with E-state index in [2.05, 4.69) is 5.32 Å². The Morgan fingerprint density at radius 3 is 2.33 bits per heavy atom. The van der Waals surface area contributed by atoms with Gasteiger partial charge in [-0.15, -0.1) is 0 Å². The molecule has 1 aliphatic rings. The van der Waals surface area contributed by atoms with Gasteiger partial charge < -0.3 is 10.2 Å². The molecule has 2 unspecified atom stereocenters. The number of halogens is 1. The maximum Gasteiger partial charge on any atom is 0.129 e. The molecule has 0 saturated carbocycles. The Balaban J connectivity index is 2.40. The molecule has 1 saturated heterocycles. The SMILES string of the molecule is CN(C)C1CNCC1F. The van der Waals surface area contributed by atoms with Crippen LogP contribution in [-0.4, -0.2) is 44.3 Å². The zero-order valence-electron chi connectivity index (χ0n) is 5.89. The quantitative estimate of drug-likeness (QED) is 0.534. The highest BCUT2D eigenvalue weighted by Crippen LogP contribution is 2.08. The number of hydrogen-bond acceptors (Lipinski definition) is 2. The first-order valence-electron chi connectivity index (χ1n) is 3.23. The Bertz CT molecular complexity index is 95.1.